The summed E-state index contributed by atoms with van der Waals surface area (Å²) in [7, 11) is 0. The molecule has 5 rings (SSSR count). The molecule has 0 bridgehead atoms. The Morgan fingerprint density at radius 2 is 1.84 bits per heavy atom. The van der Waals surface area contributed by atoms with Crippen molar-refractivity contribution in [3.8, 4) is 0 Å². The third-order valence-corrected chi connectivity index (χ3v) is 7.64. The summed E-state index contributed by atoms with van der Waals surface area (Å²) in [5, 5.41) is 5.88. The van der Waals surface area contributed by atoms with Crippen LogP contribution in [-0.2, 0) is 22.7 Å². The summed E-state index contributed by atoms with van der Waals surface area (Å²) < 4.78 is 0. The predicted octanol–water partition coefficient (Wildman–Crippen LogP) is 1.80. The number of hydrogen-bond acceptors (Lipinski definition) is 5. The number of piperidine rings is 3. The maximum absolute atomic E-state index is 13.1. The van der Waals surface area contributed by atoms with E-state index in [1.54, 1.807) is 4.90 Å². The number of carbonyl (C=O) groups is 3. The Kier molecular flexibility index (Phi) is 5.80. The number of nitrogens with zero attached hydrogens (tertiary/aromatic N) is 2. The highest BCUT2D eigenvalue weighted by atomic mass is 16.2. The van der Waals surface area contributed by atoms with Crippen LogP contribution in [0.2, 0.25) is 0 Å². The van der Waals surface area contributed by atoms with Gasteiger partial charge in [0.1, 0.15) is 6.04 Å². The minimum Gasteiger partial charge on any atom is -0.322 e. The third kappa shape index (κ3) is 4.01. The first kappa shape index (κ1) is 20.6. The standard InChI is InChI=1S/C24H32N4O3/c29-22-8-7-21(23(30)26-22)28-15-19-17(4-3-5-18(19)24(28)31)14-27-13-2-1-6-20(27)16-9-11-25-12-10-16/h3-5,16,20-21,25H,1-2,6-15H2,(H,26,29,30). The van der Waals surface area contributed by atoms with E-state index in [-0.39, 0.29) is 24.1 Å². The van der Waals surface area contributed by atoms with Crippen LogP contribution in [-0.4, -0.2) is 59.2 Å². The molecule has 0 spiro atoms. The van der Waals surface area contributed by atoms with Gasteiger partial charge in [0, 0.05) is 31.1 Å². The minimum absolute atomic E-state index is 0.0834. The lowest BCUT2D eigenvalue weighted by Gasteiger charge is -2.42. The number of rotatable bonds is 4. The average molecular weight is 425 g/mol. The fourth-order valence-corrected chi connectivity index (χ4v) is 5.99. The number of carbonyl (C=O) groups excluding carboxylic acids is 3. The Bertz CT molecular complexity index is 880. The van der Waals surface area contributed by atoms with Gasteiger partial charge in [-0.05, 0) is 74.8 Å². The summed E-state index contributed by atoms with van der Waals surface area (Å²) in [5.74, 6) is 0.0703. The molecule has 0 aliphatic carbocycles. The Morgan fingerprint density at radius 3 is 2.65 bits per heavy atom. The normalized spacial score (nSPS) is 28.0. The molecule has 4 aliphatic heterocycles. The molecule has 1 aromatic rings. The molecule has 7 heteroatoms. The molecule has 1 aromatic carbocycles. The summed E-state index contributed by atoms with van der Waals surface area (Å²) in [6.07, 6.45) is 6.99. The fraction of sp³-hybridized carbons (Fsp3) is 0.625. The molecule has 166 valence electrons. The molecule has 0 radical (unpaired) electrons. The van der Waals surface area contributed by atoms with Gasteiger partial charge in [-0.1, -0.05) is 18.6 Å². The van der Waals surface area contributed by atoms with E-state index in [1.807, 2.05) is 12.1 Å². The van der Waals surface area contributed by atoms with Gasteiger partial charge in [0.05, 0.1) is 0 Å². The molecule has 7 nitrogen and oxygen atoms in total. The molecule has 3 saturated heterocycles. The molecular formula is C24H32N4O3. The molecule has 0 saturated carbocycles. The summed E-state index contributed by atoms with van der Waals surface area (Å²) in [6, 6.07) is 6.07. The van der Waals surface area contributed by atoms with Gasteiger partial charge in [0.15, 0.2) is 0 Å². The van der Waals surface area contributed by atoms with Crippen molar-refractivity contribution < 1.29 is 14.4 Å². The van der Waals surface area contributed by atoms with Crippen LogP contribution < -0.4 is 10.6 Å². The van der Waals surface area contributed by atoms with E-state index in [9.17, 15) is 14.4 Å². The van der Waals surface area contributed by atoms with E-state index < -0.39 is 6.04 Å². The van der Waals surface area contributed by atoms with E-state index in [1.165, 1.54) is 37.7 Å². The smallest absolute Gasteiger partial charge is 0.255 e. The molecule has 4 heterocycles. The van der Waals surface area contributed by atoms with Gasteiger partial charge >= 0.3 is 0 Å². The number of imide groups is 1. The first-order valence-corrected chi connectivity index (χ1v) is 11.8. The quantitative estimate of drug-likeness (QED) is 0.721. The number of amides is 3. The van der Waals surface area contributed by atoms with Gasteiger partial charge in [-0.25, -0.2) is 0 Å². The van der Waals surface area contributed by atoms with Gasteiger partial charge in [-0.15, -0.1) is 0 Å². The highest BCUT2D eigenvalue weighted by Crippen LogP contribution is 2.34. The third-order valence-electron chi connectivity index (χ3n) is 7.64. The average Bonchev–Trinajstić information content (AvgIpc) is 3.12. The predicted molar refractivity (Wildman–Crippen MR) is 116 cm³/mol. The van der Waals surface area contributed by atoms with Crippen LogP contribution in [0.15, 0.2) is 18.2 Å². The number of hydrogen-bond donors (Lipinski definition) is 2. The first-order chi connectivity index (χ1) is 15.1. The van der Waals surface area contributed by atoms with Crippen LogP contribution in [0.1, 0.15) is 66.4 Å². The highest BCUT2D eigenvalue weighted by Gasteiger charge is 2.40. The number of likely N-dealkylation sites (tertiary alicyclic amines) is 1. The van der Waals surface area contributed by atoms with E-state index in [0.29, 0.717) is 19.0 Å². The van der Waals surface area contributed by atoms with E-state index >= 15 is 0 Å². The van der Waals surface area contributed by atoms with Gasteiger partial charge in [-0.3, -0.25) is 24.6 Å². The minimum atomic E-state index is -0.553. The lowest BCUT2D eigenvalue weighted by atomic mass is 9.84. The SMILES string of the molecule is O=C1CCC(N2Cc3c(CN4CCCCC4C4CCNCC4)cccc3C2=O)C(=O)N1. The Balaban J connectivity index is 1.35. The number of benzene rings is 1. The van der Waals surface area contributed by atoms with Gasteiger partial charge in [0.2, 0.25) is 11.8 Å². The van der Waals surface area contributed by atoms with Crippen LogP contribution in [0.3, 0.4) is 0 Å². The maximum atomic E-state index is 13.1. The summed E-state index contributed by atoms with van der Waals surface area (Å²) in [4.78, 5) is 41.3. The zero-order valence-electron chi connectivity index (χ0n) is 18.1. The lowest BCUT2D eigenvalue weighted by molar-refractivity contribution is -0.136. The molecule has 3 fully saturated rings. The monoisotopic (exact) mass is 424 g/mol. The summed E-state index contributed by atoms with van der Waals surface area (Å²) in [6.45, 7) is 4.68. The largest absolute Gasteiger partial charge is 0.322 e. The van der Waals surface area contributed by atoms with Crippen molar-refractivity contribution in [3.63, 3.8) is 0 Å². The molecule has 2 atom stereocenters. The van der Waals surface area contributed by atoms with Gasteiger partial charge < -0.3 is 10.2 Å². The molecule has 2 N–H and O–H groups in total. The first-order valence-electron chi connectivity index (χ1n) is 11.8. The molecule has 31 heavy (non-hydrogen) atoms. The molecule has 2 unspecified atom stereocenters. The molecule has 3 amide bonds. The Morgan fingerprint density at radius 1 is 1.00 bits per heavy atom. The second kappa shape index (κ2) is 8.71. The van der Waals surface area contributed by atoms with Crippen molar-refractivity contribution >= 4 is 17.7 Å². The topological polar surface area (TPSA) is 81.8 Å². The van der Waals surface area contributed by atoms with Crippen molar-refractivity contribution in [2.24, 2.45) is 5.92 Å². The van der Waals surface area contributed by atoms with E-state index in [4.69, 9.17) is 0 Å². The summed E-state index contributed by atoms with van der Waals surface area (Å²) >= 11 is 0. The number of nitrogens with one attached hydrogen (secondary N) is 2. The summed E-state index contributed by atoms with van der Waals surface area (Å²) in [5.41, 5.74) is 2.99. The Hall–Kier alpha value is -2.25. The zero-order chi connectivity index (χ0) is 21.4. The highest BCUT2D eigenvalue weighted by molar-refractivity contribution is 6.05. The van der Waals surface area contributed by atoms with Crippen molar-refractivity contribution in [2.75, 3.05) is 19.6 Å². The van der Waals surface area contributed by atoms with Gasteiger partial charge in [0.25, 0.3) is 5.91 Å². The van der Waals surface area contributed by atoms with Crippen molar-refractivity contribution in [1.29, 1.82) is 0 Å². The molecule has 0 aromatic heterocycles. The second-order valence-electron chi connectivity index (χ2n) is 9.46. The molecular weight excluding hydrogens is 392 g/mol. The van der Waals surface area contributed by atoms with E-state index in [2.05, 4.69) is 21.6 Å². The van der Waals surface area contributed by atoms with Crippen LogP contribution in [0.25, 0.3) is 0 Å². The van der Waals surface area contributed by atoms with Crippen LogP contribution >= 0.6 is 0 Å². The van der Waals surface area contributed by atoms with Crippen molar-refractivity contribution in [3.05, 3.63) is 34.9 Å². The lowest BCUT2D eigenvalue weighted by Crippen LogP contribution is -2.52. The van der Waals surface area contributed by atoms with Crippen molar-refractivity contribution in [1.82, 2.24) is 20.4 Å². The fourth-order valence-electron chi connectivity index (χ4n) is 5.99. The Labute approximate surface area is 183 Å². The molecule has 4 aliphatic rings. The maximum Gasteiger partial charge on any atom is 0.255 e. The van der Waals surface area contributed by atoms with Gasteiger partial charge in [-0.2, -0.15) is 0 Å². The van der Waals surface area contributed by atoms with E-state index in [0.717, 1.165) is 43.2 Å². The van der Waals surface area contributed by atoms with Crippen molar-refractivity contribution in [2.45, 2.75) is 70.1 Å². The van der Waals surface area contributed by atoms with Crippen LogP contribution in [0.5, 0.6) is 0 Å². The van der Waals surface area contributed by atoms with Crippen LogP contribution in [0, 0.1) is 5.92 Å². The zero-order valence-corrected chi connectivity index (χ0v) is 18.1. The number of fused-ring (bicyclic) bond motifs is 1. The second-order valence-corrected chi connectivity index (χ2v) is 9.46. The van der Waals surface area contributed by atoms with Crippen LogP contribution in [0.4, 0.5) is 0 Å².